The second-order valence-electron chi connectivity index (χ2n) is 6.01. The summed E-state index contributed by atoms with van der Waals surface area (Å²) in [6, 6.07) is 7.63. The van der Waals surface area contributed by atoms with Crippen LogP contribution in [0, 0.1) is 0 Å². The number of likely N-dealkylation sites (N-methyl/N-ethyl adjacent to an activating group) is 2. The molecule has 7 heteroatoms. The Morgan fingerprint density at radius 2 is 1.92 bits per heavy atom. The number of rotatable bonds is 8. The molecule has 0 aliphatic heterocycles. The maximum absolute atomic E-state index is 12.7. The summed E-state index contributed by atoms with van der Waals surface area (Å²) in [5, 5.41) is 0.477. The van der Waals surface area contributed by atoms with Gasteiger partial charge >= 0.3 is 0 Å². The van der Waals surface area contributed by atoms with Crippen molar-refractivity contribution in [1.29, 1.82) is 0 Å². The maximum Gasteiger partial charge on any atom is 0.227 e. The second kappa shape index (κ2) is 8.82. The molecule has 0 atom stereocenters. The Hall–Kier alpha value is -2.12. The molecule has 0 aliphatic carbocycles. The van der Waals surface area contributed by atoms with Crippen molar-refractivity contribution in [2.24, 2.45) is 0 Å². The van der Waals surface area contributed by atoms with Gasteiger partial charge in [0.15, 0.2) is 5.13 Å². The van der Waals surface area contributed by atoms with Crippen molar-refractivity contribution in [3.63, 3.8) is 0 Å². The lowest BCUT2D eigenvalue weighted by atomic mass is 10.1. The minimum absolute atomic E-state index is 0.0998. The van der Waals surface area contributed by atoms with Gasteiger partial charge in [-0.25, -0.2) is 4.98 Å². The molecule has 0 spiro atoms. The minimum Gasteiger partial charge on any atom is -0.497 e. The first kappa shape index (κ1) is 19.2. The number of hydrogen-bond donors (Lipinski definition) is 1. The molecular formula is C18H26N4O2S. The zero-order valence-corrected chi connectivity index (χ0v) is 16.1. The van der Waals surface area contributed by atoms with Crippen molar-refractivity contribution in [3.05, 3.63) is 29.1 Å². The van der Waals surface area contributed by atoms with E-state index in [0.29, 0.717) is 24.6 Å². The molecule has 136 valence electrons. The van der Waals surface area contributed by atoms with Gasteiger partial charge in [0.2, 0.25) is 5.91 Å². The van der Waals surface area contributed by atoms with E-state index in [1.165, 1.54) is 11.3 Å². The molecule has 0 saturated heterocycles. The monoisotopic (exact) mass is 362 g/mol. The molecule has 0 saturated carbocycles. The van der Waals surface area contributed by atoms with Crippen LogP contribution in [0.25, 0.3) is 11.3 Å². The largest absolute Gasteiger partial charge is 0.497 e. The lowest BCUT2D eigenvalue weighted by Gasteiger charge is -2.22. The number of ether oxygens (including phenoxy) is 1. The summed E-state index contributed by atoms with van der Waals surface area (Å²) in [5.41, 5.74) is 7.62. The average Bonchev–Trinajstić information content (AvgIpc) is 2.95. The molecule has 0 aliphatic rings. The first-order chi connectivity index (χ1) is 11.9. The lowest BCUT2D eigenvalue weighted by molar-refractivity contribution is -0.130. The van der Waals surface area contributed by atoms with E-state index in [2.05, 4.69) is 9.88 Å². The maximum atomic E-state index is 12.7. The van der Waals surface area contributed by atoms with Gasteiger partial charge in [-0.3, -0.25) is 4.79 Å². The zero-order valence-electron chi connectivity index (χ0n) is 15.3. The van der Waals surface area contributed by atoms with E-state index in [-0.39, 0.29) is 5.91 Å². The van der Waals surface area contributed by atoms with E-state index in [4.69, 9.17) is 10.5 Å². The Bertz CT molecular complexity index is 698. The molecule has 0 bridgehead atoms. The van der Waals surface area contributed by atoms with Gasteiger partial charge in [-0.1, -0.05) is 0 Å². The van der Waals surface area contributed by atoms with Gasteiger partial charge in [0, 0.05) is 30.1 Å². The summed E-state index contributed by atoms with van der Waals surface area (Å²) in [4.78, 5) is 21.9. The molecule has 2 N–H and O–H groups in total. The Labute approximate surface area is 153 Å². The second-order valence-corrected chi connectivity index (χ2v) is 7.12. The van der Waals surface area contributed by atoms with E-state index in [1.807, 2.05) is 50.2 Å². The van der Waals surface area contributed by atoms with E-state index in [1.54, 1.807) is 7.11 Å². The van der Waals surface area contributed by atoms with Crippen molar-refractivity contribution >= 4 is 22.4 Å². The predicted molar refractivity (Wildman–Crippen MR) is 103 cm³/mol. The van der Waals surface area contributed by atoms with Crippen molar-refractivity contribution in [1.82, 2.24) is 14.8 Å². The summed E-state index contributed by atoms with van der Waals surface area (Å²) < 4.78 is 5.19. The first-order valence-corrected chi connectivity index (χ1v) is 9.08. The number of hydrogen-bond acceptors (Lipinski definition) is 6. The fraction of sp³-hybridized carbons (Fsp3) is 0.444. The molecule has 1 heterocycles. The first-order valence-electron chi connectivity index (χ1n) is 8.26. The number of nitrogen functional groups attached to an aromatic ring is 1. The van der Waals surface area contributed by atoms with Gasteiger partial charge in [0.1, 0.15) is 5.75 Å². The predicted octanol–water partition coefficient (Wildman–Crippen LogP) is 2.35. The molecule has 1 aromatic carbocycles. The van der Waals surface area contributed by atoms with Crippen molar-refractivity contribution in [3.8, 4) is 17.0 Å². The standard InChI is InChI=1S/C18H26N4O2S/c1-5-22(11-10-21(2)3)16(23)12-15-17(20-18(19)25-15)13-6-8-14(24-4)9-7-13/h6-9H,5,10-12H2,1-4H3,(H2,19,20). The fourth-order valence-corrected chi connectivity index (χ4v) is 3.34. The number of benzene rings is 1. The molecule has 1 aromatic heterocycles. The number of nitrogens with zero attached hydrogens (tertiary/aromatic N) is 3. The molecular weight excluding hydrogens is 336 g/mol. The molecule has 6 nitrogen and oxygen atoms in total. The highest BCUT2D eigenvalue weighted by Gasteiger charge is 2.19. The third-order valence-corrected chi connectivity index (χ3v) is 4.83. The van der Waals surface area contributed by atoms with Crippen molar-refractivity contribution in [2.45, 2.75) is 13.3 Å². The summed E-state index contributed by atoms with van der Waals surface area (Å²) in [6.07, 6.45) is 0.317. The highest BCUT2D eigenvalue weighted by molar-refractivity contribution is 7.15. The molecule has 2 aromatic rings. The Kier molecular flexibility index (Phi) is 6.78. The van der Waals surface area contributed by atoms with Crippen LogP contribution in [0.5, 0.6) is 5.75 Å². The van der Waals surface area contributed by atoms with Gasteiger partial charge in [-0.2, -0.15) is 0 Å². The summed E-state index contributed by atoms with van der Waals surface area (Å²) in [7, 11) is 5.64. The highest BCUT2D eigenvalue weighted by Crippen LogP contribution is 2.31. The van der Waals surface area contributed by atoms with Crippen LogP contribution < -0.4 is 10.5 Å². The van der Waals surface area contributed by atoms with Gasteiger partial charge in [0.25, 0.3) is 0 Å². The lowest BCUT2D eigenvalue weighted by Crippen LogP contribution is -2.37. The van der Waals surface area contributed by atoms with Crippen LogP contribution in [0.1, 0.15) is 11.8 Å². The number of methoxy groups -OCH3 is 1. The Morgan fingerprint density at radius 1 is 1.24 bits per heavy atom. The number of thiazole rings is 1. The van der Waals surface area contributed by atoms with E-state index < -0.39 is 0 Å². The minimum atomic E-state index is 0.0998. The van der Waals surface area contributed by atoms with E-state index in [9.17, 15) is 4.79 Å². The third kappa shape index (κ3) is 5.17. The number of amides is 1. The number of carbonyl (C=O) groups is 1. The molecule has 25 heavy (non-hydrogen) atoms. The average molecular weight is 362 g/mol. The number of aromatic nitrogens is 1. The van der Waals surface area contributed by atoms with Crippen LogP contribution in [0.2, 0.25) is 0 Å². The van der Waals surface area contributed by atoms with Crippen LogP contribution in [0.15, 0.2) is 24.3 Å². The molecule has 1 amide bonds. The summed E-state index contributed by atoms with van der Waals surface area (Å²) in [6.45, 7) is 4.25. The topological polar surface area (TPSA) is 71.7 Å². The molecule has 2 rings (SSSR count). The van der Waals surface area contributed by atoms with E-state index >= 15 is 0 Å². The van der Waals surface area contributed by atoms with E-state index in [0.717, 1.165) is 28.4 Å². The normalized spacial score (nSPS) is 10.9. The molecule has 0 radical (unpaired) electrons. The van der Waals surface area contributed by atoms with Crippen LogP contribution in [-0.2, 0) is 11.2 Å². The quantitative estimate of drug-likeness (QED) is 0.780. The van der Waals surface area contributed by atoms with Crippen LogP contribution in [0.4, 0.5) is 5.13 Å². The Balaban J connectivity index is 2.17. The summed E-state index contributed by atoms with van der Waals surface area (Å²) in [5.74, 6) is 0.883. The number of anilines is 1. The summed E-state index contributed by atoms with van der Waals surface area (Å²) >= 11 is 1.38. The number of carbonyl (C=O) groups excluding carboxylic acids is 1. The SMILES string of the molecule is CCN(CCN(C)C)C(=O)Cc1sc(N)nc1-c1ccc(OC)cc1. The van der Waals surface area contributed by atoms with Gasteiger partial charge in [-0.15, -0.1) is 11.3 Å². The van der Waals surface area contributed by atoms with Crippen LogP contribution >= 0.6 is 11.3 Å². The molecule has 0 unspecified atom stereocenters. The van der Waals surface area contributed by atoms with Crippen molar-refractivity contribution in [2.75, 3.05) is 46.6 Å². The van der Waals surface area contributed by atoms with Gasteiger partial charge < -0.3 is 20.3 Å². The van der Waals surface area contributed by atoms with Crippen LogP contribution in [0.3, 0.4) is 0 Å². The third-order valence-electron chi connectivity index (χ3n) is 3.94. The van der Waals surface area contributed by atoms with Crippen molar-refractivity contribution < 1.29 is 9.53 Å². The highest BCUT2D eigenvalue weighted by atomic mass is 32.1. The van der Waals surface area contributed by atoms with Gasteiger partial charge in [-0.05, 0) is 45.3 Å². The van der Waals surface area contributed by atoms with Crippen LogP contribution in [-0.4, -0.2) is 61.5 Å². The number of nitrogens with two attached hydrogens (primary N) is 1. The smallest absolute Gasteiger partial charge is 0.227 e. The zero-order chi connectivity index (χ0) is 18.4. The fourth-order valence-electron chi connectivity index (χ4n) is 2.49. The molecule has 0 fully saturated rings. The van der Waals surface area contributed by atoms with Gasteiger partial charge in [0.05, 0.1) is 19.2 Å². The Morgan fingerprint density at radius 3 is 2.48 bits per heavy atom.